The quantitative estimate of drug-likeness (QED) is 0.328. The van der Waals surface area contributed by atoms with Gasteiger partial charge in [0, 0.05) is 136 Å². The fraction of sp³-hybridized carbons (Fsp3) is 0. The first-order chi connectivity index (χ1) is 13.9. The monoisotopic (exact) mass is 1060 g/mol. The summed E-state index contributed by atoms with van der Waals surface area (Å²) in [5, 5.41) is 0. The molecule has 0 aliphatic rings. The van der Waals surface area contributed by atoms with E-state index < -0.39 is 0 Å². The summed E-state index contributed by atoms with van der Waals surface area (Å²) < 4.78 is 0. The molecule has 0 atom stereocenters. The zero-order valence-electron chi connectivity index (χ0n) is 11.3. The van der Waals surface area contributed by atoms with Gasteiger partial charge < -0.3 is 0 Å². The summed E-state index contributed by atoms with van der Waals surface area (Å²) in [5.74, 6) is 0. The van der Waals surface area contributed by atoms with Gasteiger partial charge in [0.1, 0.15) is 0 Å². The van der Waals surface area contributed by atoms with Crippen LogP contribution in [0.5, 0.6) is 0 Å². The topological polar surface area (TPSA) is 0 Å². The molecule has 0 amide bonds. The molecule has 0 aromatic rings. The molecule has 0 aliphatic heterocycles. The van der Waals surface area contributed by atoms with Crippen LogP contribution >= 0.6 is 0 Å². The first-order valence-corrected chi connectivity index (χ1v) is 42.2. The molecule has 172 valence electrons. The van der Waals surface area contributed by atoms with Gasteiger partial charge in [-0.25, -0.2) is 0 Å². The van der Waals surface area contributed by atoms with Gasteiger partial charge in [0.2, 0.25) is 0 Å². The molecular formula is PtS27. The molecule has 0 unspecified atom stereocenters. The van der Waals surface area contributed by atoms with Crippen molar-refractivity contribution in [3.05, 3.63) is 0 Å². The Balaban J connectivity index is 5.92. The van der Waals surface area contributed by atoms with Crippen molar-refractivity contribution in [2.24, 2.45) is 0 Å². The molecule has 0 spiro atoms. The van der Waals surface area contributed by atoms with Gasteiger partial charge in [0.05, 0.1) is 0 Å². The van der Waals surface area contributed by atoms with E-state index in [0.29, 0.717) is 0 Å². The van der Waals surface area contributed by atoms with E-state index in [2.05, 4.69) is 18.0 Å². The Morgan fingerprint density at radius 1 is 0.286 bits per heavy atom. The van der Waals surface area contributed by atoms with Crippen LogP contribution in [0.1, 0.15) is 0 Å². The van der Waals surface area contributed by atoms with Crippen molar-refractivity contribution in [3.63, 3.8) is 0 Å². The third kappa shape index (κ3) is 32.6. The van der Waals surface area contributed by atoms with Gasteiger partial charge in [-0.3, -0.25) is 0 Å². The van der Waals surface area contributed by atoms with Crippen LogP contribution < -0.4 is 0 Å². The van der Waals surface area contributed by atoms with Crippen molar-refractivity contribution in [2.45, 2.75) is 0 Å². The Bertz CT molecular complexity index is 1510. The van der Waals surface area contributed by atoms with E-state index in [9.17, 15) is 0 Å². The van der Waals surface area contributed by atoms with Crippen molar-refractivity contribution in [3.8, 4) is 0 Å². The van der Waals surface area contributed by atoms with Crippen LogP contribution in [-0.2, 0) is 259 Å². The second-order valence-electron chi connectivity index (χ2n) is 1.75. The summed E-state index contributed by atoms with van der Waals surface area (Å²) >= 11 is 7.06. The second kappa shape index (κ2) is 33.6. The molecular weight excluding hydrogens is 1060 g/mol. The first-order valence-electron chi connectivity index (χ1n) is 4.46. The fourth-order valence-electron chi connectivity index (χ4n) is 0.270. The predicted molar refractivity (Wildman–Crippen MR) is 199 cm³/mol. The van der Waals surface area contributed by atoms with Crippen LogP contribution in [0.2, 0.25) is 0 Å². The van der Waals surface area contributed by atoms with Crippen LogP contribution in [0.25, 0.3) is 0 Å². The Morgan fingerprint density at radius 3 is 0.643 bits per heavy atom. The van der Waals surface area contributed by atoms with Crippen LogP contribution in [0, 0.1) is 0 Å². The van der Waals surface area contributed by atoms with Gasteiger partial charge in [0.15, 0.2) is 0 Å². The van der Waals surface area contributed by atoms with Gasteiger partial charge in [-0.05, 0) is 0 Å². The molecule has 0 aliphatic carbocycles. The summed E-state index contributed by atoms with van der Waals surface area (Å²) in [6.07, 6.45) is 0. The third-order valence-corrected chi connectivity index (χ3v) is 58.8. The van der Waals surface area contributed by atoms with Crippen LogP contribution in [-0.4, -0.2) is 0 Å². The van der Waals surface area contributed by atoms with Crippen molar-refractivity contribution in [1.82, 2.24) is 0 Å². The van der Waals surface area contributed by atoms with Crippen molar-refractivity contribution >= 4 is 241 Å². The molecule has 0 bridgehead atoms. The van der Waals surface area contributed by atoms with Gasteiger partial charge >= 0.3 is 123 Å². The number of rotatable bonds is 0. The average molecular weight is 1060 g/mol. The first kappa shape index (κ1) is 34.6. The zero-order valence-corrected chi connectivity index (χ0v) is 35.7. The average Bonchev–Trinajstić information content (AvgIpc) is 2.71. The minimum atomic E-state index is 1.37. The van der Waals surface area contributed by atoms with Gasteiger partial charge in [-0.1, -0.05) is 0 Å². The zero-order chi connectivity index (χ0) is 20.4. The second-order valence-corrected chi connectivity index (χ2v) is 49.8. The van der Waals surface area contributed by atoms with Crippen molar-refractivity contribution in [1.29, 1.82) is 0 Å². The fourth-order valence-corrected chi connectivity index (χ4v) is 69.2. The molecule has 0 aromatic carbocycles. The number of hydrogen-bond donors (Lipinski definition) is 0. The predicted octanol–water partition coefficient (Wildman–Crippen LogP) is -0.0673. The van der Waals surface area contributed by atoms with Crippen molar-refractivity contribution in [2.75, 3.05) is 0 Å². The molecule has 0 N–H and O–H groups in total. The van der Waals surface area contributed by atoms with E-state index in [1.165, 1.54) is 8.88 Å². The van der Waals surface area contributed by atoms with Crippen LogP contribution in [0.15, 0.2) is 0 Å². The van der Waals surface area contributed by atoms with E-state index >= 15 is 0 Å². The van der Waals surface area contributed by atoms with Gasteiger partial charge in [0.25, 0.3) is 0 Å². The Kier molecular flexibility index (Phi) is 41.6. The maximum absolute atomic E-state index is 4.78. The Labute approximate surface area is 251 Å². The third-order valence-electron chi connectivity index (χ3n) is 0.688. The Morgan fingerprint density at radius 2 is 0.464 bits per heavy atom. The van der Waals surface area contributed by atoms with Crippen LogP contribution in [0.4, 0.5) is 0 Å². The molecule has 0 radical (unpaired) electrons. The van der Waals surface area contributed by atoms with Crippen molar-refractivity contribution < 1.29 is 18.0 Å². The molecule has 0 rings (SSSR count). The normalized spacial score (nSPS) is 7.64. The summed E-state index contributed by atoms with van der Waals surface area (Å²) in [7, 11) is 46.4. The summed E-state index contributed by atoms with van der Waals surface area (Å²) in [5.41, 5.74) is 0. The molecule has 0 heterocycles. The van der Waals surface area contributed by atoms with E-state index in [1.54, 1.807) is 69.7 Å². The van der Waals surface area contributed by atoms with E-state index in [-0.39, 0.29) is 0 Å². The molecule has 0 saturated heterocycles. The molecule has 0 aromatic heterocycles. The summed E-state index contributed by atoms with van der Waals surface area (Å²) in [6.45, 7) is 0. The SMILES string of the molecule is S=S=S=S=S=S=S=S=S=S=S=S=S=S=S=S=S=S=S=S=S=S=S=S=S=S=[S]=[Pt]. The molecule has 0 nitrogen and oxygen atoms in total. The molecule has 0 fully saturated rings. The van der Waals surface area contributed by atoms with Gasteiger partial charge in [-0.2, -0.15) is 0 Å². The van der Waals surface area contributed by atoms with Crippen LogP contribution in [0.3, 0.4) is 0 Å². The standard InChI is InChI=1S/Pt.S27/c;1-3-5-7-9-11-13-15-17-19-21-23-25-27-26-24-22-20-18-16-14-12-10-8-6-4-2. The van der Waals surface area contributed by atoms with E-state index in [0.717, 1.165) is 0 Å². The van der Waals surface area contributed by atoms with E-state index in [1.807, 2.05) is 151 Å². The maximum atomic E-state index is 4.78. The molecule has 28 heteroatoms. The summed E-state index contributed by atoms with van der Waals surface area (Å²) in [4.78, 5) is 0. The van der Waals surface area contributed by atoms with Gasteiger partial charge in [-0.15, -0.1) is 0 Å². The Hall–Kier alpha value is 6.63. The molecule has 28 heavy (non-hydrogen) atoms. The van der Waals surface area contributed by atoms with E-state index in [4.69, 9.17) is 11.2 Å². The minimum absolute atomic E-state index is 1.37. The number of hydrogen-bond acceptors (Lipinski definition) is 1. The molecule has 0 saturated carbocycles. The summed E-state index contributed by atoms with van der Waals surface area (Å²) in [6, 6.07) is 0.